The minimum atomic E-state index is -1.05. The Hall–Kier alpha value is -1.52. The van der Waals surface area contributed by atoms with E-state index in [-0.39, 0.29) is 12.6 Å². The third-order valence-electron chi connectivity index (χ3n) is 1.41. The number of urea groups is 1. The Kier molecular flexibility index (Phi) is 5.34. The summed E-state index contributed by atoms with van der Waals surface area (Å²) in [4.78, 5) is 22.7. The van der Waals surface area contributed by atoms with Gasteiger partial charge >= 0.3 is 12.0 Å². The van der Waals surface area contributed by atoms with Crippen LogP contribution in [-0.4, -0.2) is 41.6 Å². The van der Waals surface area contributed by atoms with Crippen LogP contribution in [0.25, 0.3) is 0 Å². The van der Waals surface area contributed by atoms with Crippen molar-refractivity contribution in [1.29, 1.82) is 0 Å². The molecule has 0 aromatic rings. The van der Waals surface area contributed by atoms with Crippen LogP contribution in [0, 0.1) is 0 Å². The number of likely N-dealkylation sites (N-methyl/N-ethyl adjacent to an activating group) is 1. The van der Waals surface area contributed by atoms with E-state index in [4.69, 9.17) is 5.11 Å². The van der Waals surface area contributed by atoms with Gasteiger partial charge in [0.2, 0.25) is 0 Å². The van der Waals surface area contributed by atoms with E-state index in [2.05, 4.69) is 11.9 Å². The summed E-state index contributed by atoms with van der Waals surface area (Å²) in [6.07, 6.45) is 1.59. The number of nitrogens with one attached hydrogen (secondary N) is 1. The molecule has 0 radical (unpaired) electrons. The topological polar surface area (TPSA) is 69.6 Å². The van der Waals surface area contributed by atoms with Gasteiger partial charge in [0.05, 0.1) is 0 Å². The van der Waals surface area contributed by atoms with Crippen LogP contribution in [0.5, 0.6) is 0 Å². The maximum atomic E-state index is 11.2. The van der Waals surface area contributed by atoms with Gasteiger partial charge in [-0.25, -0.2) is 4.79 Å². The Bertz CT molecular complexity index is 204. The molecule has 0 saturated carbocycles. The molecule has 5 nitrogen and oxygen atoms in total. The van der Waals surface area contributed by atoms with Crippen molar-refractivity contribution in [3.8, 4) is 0 Å². The average Bonchev–Trinajstić information content (AvgIpc) is 2.10. The van der Waals surface area contributed by atoms with Gasteiger partial charge in [-0.05, 0) is 6.92 Å². The van der Waals surface area contributed by atoms with Crippen molar-refractivity contribution in [2.45, 2.75) is 6.92 Å². The molecule has 5 heteroatoms. The quantitative estimate of drug-likeness (QED) is 0.606. The molecule has 0 aromatic carbocycles. The molecule has 0 heterocycles. The van der Waals surface area contributed by atoms with Crippen molar-refractivity contribution in [2.24, 2.45) is 0 Å². The number of hydrogen-bond donors (Lipinski definition) is 2. The molecule has 74 valence electrons. The highest BCUT2D eigenvalue weighted by Gasteiger charge is 2.09. The Morgan fingerprint density at radius 1 is 1.62 bits per heavy atom. The van der Waals surface area contributed by atoms with Gasteiger partial charge in [-0.2, -0.15) is 0 Å². The first-order chi connectivity index (χ1) is 6.11. The van der Waals surface area contributed by atoms with Gasteiger partial charge in [0.25, 0.3) is 0 Å². The first kappa shape index (κ1) is 11.5. The first-order valence-corrected chi connectivity index (χ1v) is 3.97. The van der Waals surface area contributed by atoms with Crippen molar-refractivity contribution >= 4 is 12.0 Å². The normalized spacial score (nSPS) is 9.00. The number of aliphatic carboxylic acids is 1. The van der Waals surface area contributed by atoms with Gasteiger partial charge < -0.3 is 15.3 Å². The second kappa shape index (κ2) is 6.05. The molecule has 2 amide bonds. The number of nitrogens with zero attached hydrogens (tertiary/aromatic N) is 1. The van der Waals surface area contributed by atoms with E-state index >= 15 is 0 Å². The standard InChI is InChI=1S/C8H14N2O3/c1-3-5-10(4-2)8(13)9-6-7(11)12/h3H,1,4-6H2,2H3,(H,9,13)(H,11,12). The maximum absolute atomic E-state index is 11.2. The molecule has 0 rings (SSSR count). The first-order valence-electron chi connectivity index (χ1n) is 3.97. The van der Waals surface area contributed by atoms with Gasteiger partial charge in [0.15, 0.2) is 0 Å². The molecule has 0 fully saturated rings. The van der Waals surface area contributed by atoms with E-state index in [0.29, 0.717) is 13.1 Å². The van der Waals surface area contributed by atoms with Crippen molar-refractivity contribution < 1.29 is 14.7 Å². The van der Waals surface area contributed by atoms with Gasteiger partial charge in [-0.1, -0.05) is 6.08 Å². The summed E-state index contributed by atoms with van der Waals surface area (Å²) in [7, 11) is 0. The molecular formula is C8H14N2O3. The smallest absolute Gasteiger partial charge is 0.323 e. The van der Waals surface area contributed by atoms with E-state index in [9.17, 15) is 9.59 Å². The van der Waals surface area contributed by atoms with E-state index < -0.39 is 5.97 Å². The zero-order chi connectivity index (χ0) is 10.3. The molecule has 0 spiro atoms. The molecule has 0 aliphatic heterocycles. The molecular weight excluding hydrogens is 172 g/mol. The lowest BCUT2D eigenvalue weighted by molar-refractivity contribution is -0.135. The summed E-state index contributed by atoms with van der Waals surface area (Å²) >= 11 is 0. The van der Waals surface area contributed by atoms with Crippen LogP contribution in [0.3, 0.4) is 0 Å². The Morgan fingerprint density at radius 3 is 2.62 bits per heavy atom. The SMILES string of the molecule is C=CCN(CC)C(=O)NCC(=O)O. The number of rotatable bonds is 5. The second-order valence-corrected chi connectivity index (χ2v) is 2.38. The van der Waals surface area contributed by atoms with Crippen LogP contribution in [0.15, 0.2) is 12.7 Å². The van der Waals surface area contributed by atoms with Crippen LogP contribution >= 0.6 is 0 Å². The Balaban J connectivity index is 3.90. The largest absolute Gasteiger partial charge is 0.480 e. The van der Waals surface area contributed by atoms with Crippen molar-refractivity contribution in [2.75, 3.05) is 19.6 Å². The zero-order valence-corrected chi connectivity index (χ0v) is 7.62. The van der Waals surface area contributed by atoms with Gasteiger partial charge in [-0.15, -0.1) is 6.58 Å². The van der Waals surface area contributed by atoms with Gasteiger partial charge in [0, 0.05) is 13.1 Å². The molecule has 0 unspecified atom stereocenters. The number of carboxylic acid groups (broad SMARTS) is 1. The number of hydrogen-bond acceptors (Lipinski definition) is 2. The highest BCUT2D eigenvalue weighted by atomic mass is 16.4. The van der Waals surface area contributed by atoms with Crippen LogP contribution in [-0.2, 0) is 4.79 Å². The number of carboxylic acids is 1. The van der Waals surface area contributed by atoms with E-state index in [1.165, 1.54) is 4.90 Å². The zero-order valence-electron chi connectivity index (χ0n) is 7.62. The summed E-state index contributed by atoms with van der Waals surface area (Å²) < 4.78 is 0. The highest BCUT2D eigenvalue weighted by Crippen LogP contribution is 1.88. The monoisotopic (exact) mass is 186 g/mol. The molecule has 2 N–H and O–H groups in total. The maximum Gasteiger partial charge on any atom is 0.323 e. The Morgan fingerprint density at radius 2 is 2.23 bits per heavy atom. The molecule has 0 bridgehead atoms. The van der Waals surface area contributed by atoms with E-state index in [1.807, 2.05) is 6.92 Å². The highest BCUT2D eigenvalue weighted by molar-refractivity contribution is 5.79. The summed E-state index contributed by atoms with van der Waals surface area (Å²) in [5, 5.41) is 10.6. The van der Waals surface area contributed by atoms with Crippen LogP contribution in [0.1, 0.15) is 6.92 Å². The predicted octanol–water partition coefficient (Wildman–Crippen LogP) is 0.288. The summed E-state index contributed by atoms with van der Waals surface area (Å²) in [5.74, 6) is -1.05. The van der Waals surface area contributed by atoms with Crippen molar-refractivity contribution in [3.63, 3.8) is 0 Å². The van der Waals surface area contributed by atoms with Crippen molar-refractivity contribution in [1.82, 2.24) is 10.2 Å². The van der Waals surface area contributed by atoms with Crippen LogP contribution in [0.4, 0.5) is 4.79 Å². The second-order valence-electron chi connectivity index (χ2n) is 2.38. The summed E-state index contributed by atoms with van der Waals surface area (Å²) in [6, 6.07) is -0.384. The van der Waals surface area contributed by atoms with Gasteiger partial charge in [0.1, 0.15) is 6.54 Å². The fourth-order valence-electron chi connectivity index (χ4n) is 0.774. The molecule has 13 heavy (non-hydrogen) atoms. The minimum Gasteiger partial charge on any atom is -0.480 e. The lowest BCUT2D eigenvalue weighted by Gasteiger charge is -2.18. The van der Waals surface area contributed by atoms with Crippen molar-refractivity contribution in [3.05, 3.63) is 12.7 Å². The third-order valence-corrected chi connectivity index (χ3v) is 1.41. The molecule has 0 atom stereocenters. The van der Waals surface area contributed by atoms with Crippen LogP contribution < -0.4 is 5.32 Å². The number of carbonyl (C=O) groups is 2. The van der Waals surface area contributed by atoms with Crippen LogP contribution in [0.2, 0.25) is 0 Å². The van der Waals surface area contributed by atoms with E-state index in [1.54, 1.807) is 6.08 Å². The Labute approximate surface area is 77.0 Å². The number of amides is 2. The average molecular weight is 186 g/mol. The third kappa shape index (κ3) is 4.84. The van der Waals surface area contributed by atoms with E-state index in [0.717, 1.165) is 0 Å². The lowest BCUT2D eigenvalue weighted by atomic mass is 10.5. The fourth-order valence-corrected chi connectivity index (χ4v) is 0.774. The minimum absolute atomic E-state index is 0.355. The summed E-state index contributed by atoms with van der Waals surface area (Å²) in [6.45, 7) is 5.89. The number of carbonyl (C=O) groups excluding carboxylic acids is 1. The summed E-state index contributed by atoms with van der Waals surface area (Å²) in [5.41, 5.74) is 0. The lowest BCUT2D eigenvalue weighted by Crippen LogP contribution is -2.41. The predicted molar refractivity (Wildman–Crippen MR) is 48.5 cm³/mol. The molecule has 0 saturated heterocycles. The molecule has 0 aliphatic rings. The fraction of sp³-hybridized carbons (Fsp3) is 0.500. The molecule has 0 aliphatic carbocycles. The van der Waals surface area contributed by atoms with Gasteiger partial charge in [-0.3, -0.25) is 4.79 Å². The molecule has 0 aromatic heterocycles.